The molecule has 1 aromatic carbocycles. The number of likely N-dealkylation sites (tertiary alicyclic amines) is 2. The fourth-order valence-electron chi connectivity index (χ4n) is 3.72. The Morgan fingerprint density at radius 1 is 1.24 bits per heavy atom. The first-order chi connectivity index (χ1) is 12.1. The average molecular weight is 348 g/mol. The molecule has 1 atom stereocenters. The van der Waals surface area contributed by atoms with Gasteiger partial charge < -0.3 is 14.9 Å². The smallest absolute Gasteiger partial charge is 0.227 e. The summed E-state index contributed by atoms with van der Waals surface area (Å²) in [5, 5.41) is 9.21. The van der Waals surface area contributed by atoms with Crippen molar-refractivity contribution >= 4 is 11.8 Å². The first-order valence-corrected chi connectivity index (χ1v) is 8.98. The molecule has 2 amide bonds. The molecule has 1 N–H and O–H groups in total. The van der Waals surface area contributed by atoms with E-state index in [1.165, 1.54) is 12.1 Å². The molecule has 1 aromatic rings. The van der Waals surface area contributed by atoms with Crippen molar-refractivity contribution in [2.45, 2.75) is 32.2 Å². The highest BCUT2D eigenvalue weighted by Crippen LogP contribution is 2.24. The minimum atomic E-state index is -0.318. The second-order valence-electron chi connectivity index (χ2n) is 7.09. The summed E-state index contributed by atoms with van der Waals surface area (Å²) in [6.45, 7) is 2.28. The first-order valence-electron chi connectivity index (χ1n) is 8.98. The zero-order chi connectivity index (χ0) is 17.8. The van der Waals surface area contributed by atoms with Gasteiger partial charge in [-0.2, -0.15) is 0 Å². The maximum atomic E-state index is 13.3. The van der Waals surface area contributed by atoms with Crippen LogP contribution in [0.5, 0.6) is 0 Å². The summed E-state index contributed by atoms with van der Waals surface area (Å²) in [6.07, 6.45) is 2.61. The lowest BCUT2D eigenvalue weighted by Gasteiger charge is -2.37. The van der Waals surface area contributed by atoms with Crippen LogP contribution >= 0.6 is 0 Å². The fraction of sp³-hybridized carbons (Fsp3) is 0.579. The van der Waals surface area contributed by atoms with Crippen LogP contribution in [0.3, 0.4) is 0 Å². The zero-order valence-electron chi connectivity index (χ0n) is 14.4. The Hall–Kier alpha value is -1.95. The Morgan fingerprint density at radius 3 is 2.68 bits per heavy atom. The van der Waals surface area contributed by atoms with Gasteiger partial charge in [0.1, 0.15) is 5.82 Å². The minimum Gasteiger partial charge on any atom is -0.396 e. The largest absolute Gasteiger partial charge is 0.396 e. The summed E-state index contributed by atoms with van der Waals surface area (Å²) in [7, 11) is 0. The third-order valence-corrected chi connectivity index (χ3v) is 5.30. The van der Waals surface area contributed by atoms with E-state index < -0.39 is 0 Å². The number of nitrogens with zero attached hydrogens (tertiary/aromatic N) is 2. The van der Waals surface area contributed by atoms with Crippen molar-refractivity contribution in [1.29, 1.82) is 0 Å². The van der Waals surface area contributed by atoms with Crippen LogP contribution < -0.4 is 0 Å². The number of hydrogen-bond donors (Lipinski definition) is 1. The number of piperidine rings is 2. The average Bonchev–Trinajstić information content (AvgIpc) is 2.63. The molecular formula is C19H25FN2O3. The molecule has 0 spiro atoms. The van der Waals surface area contributed by atoms with E-state index in [-0.39, 0.29) is 30.2 Å². The molecule has 2 saturated heterocycles. The van der Waals surface area contributed by atoms with E-state index in [9.17, 15) is 19.1 Å². The second-order valence-corrected chi connectivity index (χ2v) is 7.09. The van der Waals surface area contributed by atoms with Gasteiger partial charge in [-0.25, -0.2) is 4.39 Å². The number of hydrogen-bond acceptors (Lipinski definition) is 3. The van der Waals surface area contributed by atoms with E-state index in [0.29, 0.717) is 44.9 Å². The Bertz CT molecular complexity index is 629. The van der Waals surface area contributed by atoms with Gasteiger partial charge in [0, 0.05) is 39.2 Å². The van der Waals surface area contributed by atoms with Crippen LogP contribution in [-0.4, -0.2) is 53.0 Å². The molecule has 0 radical (unpaired) electrons. The predicted octanol–water partition coefficient (Wildman–Crippen LogP) is 1.80. The molecule has 0 aromatic heterocycles. The Labute approximate surface area is 147 Å². The molecule has 2 heterocycles. The van der Waals surface area contributed by atoms with Crippen molar-refractivity contribution in [2.75, 3.05) is 26.2 Å². The number of carbonyl (C=O) groups excluding carboxylic acids is 2. The molecule has 25 heavy (non-hydrogen) atoms. The van der Waals surface area contributed by atoms with E-state index in [0.717, 1.165) is 18.4 Å². The SMILES string of the molecule is O=C1CC[C@H](C(=O)N2CCC(CO)CC2)CN1Cc1cccc(F)c1. The number of halogens is 1. The van der Waals surface area contributed by atoms with Crippen molar-refractivity contribution in [2.24, 2.45) is 11.8 Å². The van der Waals surface area contributed by atoms with Crippen molar-refractivity contribution < 1.29 is 19.1 Å². The summed E-state index contributed by atoms with van der Waals surface area (Å²) in [5.74, 6) is -0.0832. The van der Waals surface area contributed by atoms with Crippen LogP contribution in [0.1, 0.15) is 31.2 Å². The maximum Gasteiger partial charge on any atom is 0.227 e. The normalized spacial score (nSPS) is 22.3. The highest BCUT2D eigenvalue weighted by atomic mass is 19.1. The van der Waals surface area contributed by atoms with Gasteiger partial charge in [-0.15, -0.1) is 0 Å². The Balaban J connectivity index is 1.60. The van der Waals surface area contributed by atoms with E-state index in [2.05, 4.69) is 0 Å². The molecule has 0 saturated carbocycles. The highest BCUT2D eigenvalue weighted by Gasteiger charge is 2.34. The molecule has 136 valence electrons. The molecule has 0 aliphatic carbocycles. The second kappa shape index (κ2) is 7.95. The van der Waals surface area contributed by atoms with Crippen LogP contribution in [0.2, 0.25) is 0 Å². The van der Waals surface area contributed by atoms with E-state index in [1.807, 2.05) is 4.90 Å². The van der Waals surface area contributed by atoms with Gasteiger partial charge in [0.2, 0.25) is 11.8 Å². The number of benzene rings is 1. The molecule has 0 bridgehead atoms. The third-order valence-electron chi connectivity index (χ3n) is 5.30. The van der Waals surface area contributed by atoms with E-state index in [1.54, 1.807) is 17.0 Å². The zero-order valence-corrected chi connectivity index (χ0v) is 14.4. The van der Waals surface area contributed by atoms with Gasteiger partial charge in [-0.1, -0.05) is 12.1 Å². The van der Waals surface area contributed by atoms with Gasteiger partial charge >= 0.3 is 0 Å². The standard InChI is InChI=1S/C19H25FN2O3/c20-17-3-1-2-15(10-17)11-22-12-16(4-5-18(22)24)19(25)21-8-6-14(13-23)7-9-21/h1-3,10,14,16,23H,4-9,11-13H2/t16-/m0/s1. The summed E-state index contributed by atoms with van der Waals surface area (Å²) in [6, 6.07) is 6.23. The lowest BCUT2D eigenvalue weighted by Crippen LogP contribution is -2.48. The fourth-order valence-corrected chi connectivity index (χ4v) is 3.72. The van der Waals surface area contributed by atoms with Gasteiger partial charge in [-0.05, 0) is 42.9 Å². The van der Waals surface area contributed by atoms with Crippen molar-refractivity contribution in [3.05, 3.63) is 35.6 Å². The van der Waals surface area contributed by atoms with Crippen molar-refractivity contribution in [3.8, 4) is 0 Å². The van der Waals surface area contributed by atoms with Crippen molar-refractivity contribution in [1.82, 2.24) is 9.80 Å². The first kappa shape index (κ1) is 17.9. The van der Waals surface area contributed by atoms with Crippen LogP contribution in [0.15, 0.2) is 24.3 Å². The molecule has 6 heteroatoms. The Morgan fingerprint density at radius 2 is 2.00 bits per heavy atom. The lowest BCUT2D eigenvalue weighted by atomic mass is 9.92. The predicted molar refractivity (Wildman–Crippen MR) is 90.9 cm³/mol. The van der Waals surface area contributed by atoms with Crippen LogP contribution in [-0.2, 0) is 16.1 Å². The topological polar surface area (TPSA) is 60.9 Å². The molecular weight excluding hydrogens is 323 g/mol. The number of amides is 2. The molecule has 5 nitrogen and oxygen atoms in total. The summed E-state index contributed by atoms with van der Waals surface area (Å²) < 4.78 is 13.3. The van der Waals surface area contributed by atoms with Gasteiger partial charge in [0.05, 0.1) is 5.92 Å². The number of aliphatic hydroxyl groups excluding tert-OH is 1. The quantitative estimate of drug-likeness (QED) is 0.902. The Kier molecular flexibility index (Phi) is 5.68. The monoisotopic (exact) mass is 348 g/mol. The molecule has 2 fully saturated rings. The van der Waals surface area contributed by atoms with Gasteiger partial charge in [0.15, 0.2) is 0 Å². The molecule has 2 aliphatic rings. The van der Waals surface area contributed by atoms with E-state index >= 15 is 0 Å². The van der Waals surface area contributed by atoms with E-state index in [4.69, 9.17) is 0 Å². The maximum absolute atomic E-state index is 13.3. The third kappa shape index (κ3) is 4.37. The van der Waals surface area contributed by atoms with Crippen molar-refractivity contribution in [3.63, 3.8) is 0 Å². The van der Waals surface area contributed by atoms with Crippen LogP contribution in [0, 0.1) is 17.7 Å². The summed E-state index contributed by atoms with van der Waals surface area (Å²) in [4.78, 5) is 28.5. The minimum absolute atomic E-state index is 0.0206. The number of aliphatic hydroxyl groups is 1. The number of rotatable bonds is 4. The van der Waals surface area contributed by atoms with Gasteiger partial charge in [-0.3, -0.25) is 9.59 Å². The lowest BCUT2D eigenvalue weighted by molar-refractivity contribution is -0.144. The molecule has 0 unspecified atom stereocenters. The van der Waals surface area contributed by atoms with Crippen LogP contribution in [0.4, 0.5) is 4.39 Å². The number of carbonyl (C=O) groups is 2. The molecule has 3 rings (SSSR count). The summed E-state index contributed by atoms with van der Waals surface area (Å²) in [5.41, 5.74) is 0.741. The molecule has 2 aliphatic heterocycles. The summed E-state index contributed by atoms with van der Waals surface area (Å²) >= 11 is 0. The van der Waals surface area contributed by atoms with Crippen LogP contribution in [0.25, 0.3) is 0 Å². The van der Waals surface area contributed by atoms with Gasteiger partial charge in [0.25, 0.3) is 0 Å². The highest BCUT2D eigenvalue weighted by molar-refractivity contribution is 5.84.